The number of halogens is 1. The maximum Gasteiger partial charge on any atom is 0.266 e. The SMILES string of the molecule is COCCNC(C)c1nc2ccccc2c(=O)n1-c1cccc(Cl)c1C. The van der Waals surface area contributed by atoms with E-state index in [0.717, 1.165) is 11.3 Å². The molecule has 5 nitrogen and oxygen atoms in total. The summed E-state index contributed by atoms with van der Waals surface area (Å²) >= 11 is 6.30. The number of para-hydroxylation sites is 1. The Morgan fingerprint density at radius 2 is 2.00 bits per heavy atom. The number of ether oxygens (including phenoxy) is 1. The van der Waals surface area contributed by atoms with Crippen LogP contribution in [0.3, 0.4) is 0 Å². The van der Waals surface area contributed by atoms with Crippen molar-refractivity contribution in [2.45, 2.75) is 19.9 Å². The minimum atomic E-state index is -0.138. The fraction of sp³-hybridized carbons (Fsp3) is 0.300. The molecule has 0 aliphatic rings. The molecule has 1 heterocycles. The van der Waals surface area contributed by atoms with E-state index < -0.39 is 0 Å². The summed E-state index contributed by atoms with van der Waals surface area (Å²) in [5.74, 6) is 0.648. The van der Waals surface area contributed by atoms with Crippen molar-refractivity contribution in [2.75, 3.05) is 20.3 Å². The van der Waals surface area contributed by atoms with E-state index in [1.165, 1.54) is 0 Å². The molecule has 2 aromatic carbocycles. The van der Waals surface area contributed by atoms with Crippen LogP contribution in [-0.2, 0) is 4.74 Å². The normalized spacial score (nSPS) is 12.5. The summed E-state index contributed by atoms with van der Waals surface area (Å²) in [4.78, 5) is 18.1. The molecule has 6 heteroatoms. The van der Waals surface area contributed by atoms with Gasteiger partial charge in [0.15, 0.2) is 0 Å². The van der Waals surface area contributed by atoms with Gasteiger partial charge in [-0.05, 0) is 43.7 Å². The van der Waals surface area contributed by atoms with Crippen LogP contribution in [0, 0.1) is 6.92 Å². The molecule has 1 N–H and O–H groups in total. The molecule has 3 rings (SSSR count). The van der Waals surface area contributed by atoms with Crippen LogP contribution in [0.1, 0.15) is 24.4 Å². The zero-order valence-electron chi connectivity index (χ0n) is 15.1. The second kappa shape index (κ2) is 7.99. The van der Waals surface area contributed by atoms with Crippen molar-refractivity contribution in [1.82, 2.24) is 14.9 Å². The Morgan fingerprint density at radius 3 is 2.77 bits per heavy atom. The smallest absolute Gasteiger partial charge is 0.266 e. The molecular weight excluding hydrogens is 350 g/mol. The van der Waals surface area contributed by atoms with Gasteiger partial charge in [-0.1, -0.05) is 29.8 Å². The minimum Gasteiger partial charge on any atom is -0.383 e. The first-order chi connectivity index (χ1) is 12.5. The number of fused-ring (bicyclic) bond motifs is 1. The van der Waals surface area contributed by atoms with Crippen molar-refractivity contribution in [3.05, 3.63) is 69.2 Å². The number of benzene rings is 2. The van der Waals surface area contributed by atoms with E-state index in [-0.39, 0.29) is 11.6 Å². The Bertz CT molecular complexity index is 984. The third-order valence-electron chi connectivity index (χ3n) is 4.43. The van der Waals surface area contributed by atoms with Gasteiger partial charge in [0.1, 0.15) is 5.82 Å². The number of rotatable bonds is 6. The van der Waals surface area contributed by atoms with E-state index in [4.69, 9.17) is 21.3 Å². The summed E-state index contributed by atoms with van der Waals surface area (Å²) in [6.07, 6.45) is 0. The zero-order chi connectivity index (χ0) is 18.7. The molecule has 26 heavy (non-hydrogen) atoms. The molecule has 0 bridgehead atoms. The molecule has 0 fully saturated rings. The zero-order valence-corrected chi connectivity index (χ0v) is 15.9. The Kier molecular flexibility index (Phi) is 5.71. The number of hydrogen-bond donors (Lipinski definition) is 1. The summed E-state index contributed by atoms with van der Waals surface area (Å²) in [7, 11) is 1.66. The van der Waals surface area contributed by atoms with Crippen LogP contribution in [-0.4, -0.2) is 29.8 Å². The minimum absolute atomic E-state index is 0.101. The molecule has 3 aromatic rings. The highest BCUT2D eigenvalue weighted by Crippen LogP contribution is 2.24. The lowest BCUT2D eigenvalue weighted by Crippen LogP contribution is -2.31. The van der Waals surface area contributed by atoms with E-state index >= 15 is 0 Å². The largest absolute Gasteiger partial charge is 0.383 e. The lowest BCUT2D eigenvalue weighted by molar-refractivity contribution is 0.196. The van der Waals surface area contributed by atoms with Crippen molar-refractivity contribution < 1.29 is 4.74 Å². The van der Waals surface area contributed by atoms with Gasteiger partial charge in [0.2, 0.25) is 0 Å². The van der Waals surface area contributed by atoms with Crippen molar-refractivity contribution in [2.24, 2.45) is 0 Å². The lowest BCUT2D eigenvalue weighted by Gasteiger charge is -2.21. The predicted octanol–water partition coefficient (Wildman–Crippen LogP) is 3.64. The van der Waals surface area contributed by atoms with Crippen LogP contribution in [0.25, 0.3) is 16.6 Å². The van der Waals surface area contributed by atoms with Crippen LogP contribution < -0.4 is 10.9 Å². The molecule has 1 unspecified atom stereocenters. The number of hydrogen-bond acceptors (Lipinski definition) is 4. The molecular formula is C20H22ClN3O2. The fourth-order valence-corrected chi connectivity index (χ4v) is 3.15. The van der Waals surface area contributed by atoms with Crippen molar-refractivity contribution in [3.8, 4) is 5.69 Å². The van der Waals surface area contributed by atoms with Gasteiger partial charge in [0.05, 0.1) is 29.2 Å². The van der Waals surface area contributed by atoms with E-state index in [2.05, 4.69) is 5.32 Å². The average molecular weight is 372 g/mol. The third-order valence-corrected chi connectivity index (χ3v) is 4.84. The molecule has 0 aliphatic heterocycles. The third kappa shape index (κ3) is 3.51. The Labute approximate surface area is 157 Å². The topological polar surface area (TPSA) is 56.1 Å². The van der Waals surface area contributed by atoms with Gasteiger partial charge in [-0.3, -0.25) is 9.36 Å². The van der Waals surface area contributed by atoms with Gasteiger partial charge in [0, 0.05) is 18.7 Å². The Balaban J connectivity index is 2.24. The second-order valence-corrected chi connectivity index (χ2v) is 6.59. The highest BCUT2D eigenvalue weighted by atomic mass is 35.5. The Morgan fingerprint density at radius 1 is 1.23 bits per heavy atom. The van der Waals surface area contributed by atoms with E-state index in [0.29, 0.717) is 34.9 Å². The van der Waals surface area contributed by atoms with Crippen LogP contribution in [0.5, 0.6) is 0 Å². The molecule has 0 radical (unpaired) electrons. The molecule has 1 atom stereocenters. The maximum atomic E-state index is 13.3. The quantitative estimate of drug-likeness (QED) is 0.672. The summed E-state index contributed by atoms with van der Waals surface area (Å²) in [5.41, 5.74) is 2.18. The number of nitrogens with one attached hydrogen (secondary N) is 1. The van der Waals surface area contributed by atoms with Crippen LogP contribution in [0.2, 0.25) is 5.02 Å². The van der Waals surface area contributed by atoms with Gasteiger partial charge in [-0.25, -0.2) is 4.98 Å². The van der Waals surface area contributed by atoms with Crippen molar-refractivity contribution >= 4 is 22.5 Å². The first-order valence-electron chi connectivity index (χ1n) is 8.54. The van der Waals surface area contributed by atoms with E-state index in [1.54, 1.807) is 17.7 Å². The molecule has 0 saturated heterocycles. The molecule has 1 aromatic heterocycles. The summed E-state index contributed by atoms with van der Waals surface area (Å²) in [6.45, 7) is 5.14. The molecule has 0 spiro atoms. The van der Waals surface area contributed by atoms with Gasteiger partial charge < -0.3 is 10.1 Å². The molecule has 136 valence electrons. The van der Waals surface area contributed by atoms with Gasteiger partial charge in [-0.2, -0.15) is 0 Å². The van der Waals surface area contributed by atoms with E-state index in [9.17, 15) is 4.79 Å². The standard InChI is InChI=1S/C20H22ClN3O2/c1-13-16(21)8-6-10-18(13)24-19(14(2)22-11-12-26-3)23-17-9-5-4-7-15(17)20(24)25/h4-10,14,22H,11-12H2,1-3H3. The van der Waals surface area contributed by atoms with Gasteiger partial charge in [0.25, 0.3) is 5.56 Å². The number of aromatic nitrogens is 2. The first kappa shape index (κ1) is 18.6. The highest BCUT2D eigenvalue weighted by Gasteiger charge is 2.19. The summed E-state index contributed by atoms with van der Waals surface area (Å²) in [6, 6.07) is 12.8. The highest BCUT2D eigenvalue weighted by molar-refractivity contribution is 6.31. The summed E-state index contributed by atoms with van der Waals surface area (Å²) < 4.78 is 6.76. The molecule has 0 aliphatic carbocycles. The van der Waals surface area contributed by atoms with Crippen molar-refractivity contribution in [3.63, 3.8) is 0 Å². The lowest BCUT2D eigenvalue weighted by atomic mass is 10.1. The van der Waals surface area contributed by atoms with E-state index in [1.807, 2.05) is 50.2 Å². The molecule has 0 amide bonds. The second-order valence-electron chi connectivity index (χ2n) is 6.18. The number of methoxy groups -OCH3 is 1. The summed E-state index contributed by atoms with van der Waals surface area (Å²) in [5, 5.41) is 4.56. The maximum absolute atomic E-state index is 13.3. The van der Waals surface area contributed by atoms with Crippen molar-refractivity contribution in [1.29, 1.82) is 0 Å². The van der Waals surface area contributed by atoms with Gasteiger partial charge in [-0.15, -0.1) is 0 Å². The molecule has 0 saturated carbocycles. The fourth-order valence-electron chi connectivity index (χ4n) is 2.98. The Hall–Kier alpha value is -2.21. The van der Waals surface area contributed by atoms with Gasteiger partial charge >= 0.3 is 0 Å². The van der Waals surface area contributed by atoms with Crippen LogP contribution in [0.4, 0.5) is 0 Å². The van der Waals surface area contributed by atoms with Crippen LogP contribution in [0.15, 0.2) is 47.3 Å². The monoisotopic (exact) mass is 371 g/mol. The predicted molar refractivity (Wildman–Crippen MR) is 105 cm³/mol. The number of nitrogens with zero attached hydrogens (tertiary/aromatic N) is 2. The first-order valence-corrected chi connectivity index (χ1v) is 8.92. The average Bonchev–Trinajstić information content (AvgIpc) is 2.64. The van der Waals surface area contributed by atoms with Crippen LogP contribution >= 0.6 is 11.6 Å².